The summed E-state index contributed by atoms with van der Waals surface area (Å²) in [5.41, 5.74) is 1.05. The lowest BCUT2D eigenvalue weighted by Gasteiger charge is -2.09. The van der Waals surface area contributed by atoms with Gasteiger partial charge < -0.3 is 10.1 Å². The highest BCUT2D eigenvalue weighted by atomic mass is 35.5. The SMILES string of the molecule is Cc1c(C(=O)OCC(=O)Nc2c(Cl)cccc2Cl)cnn1-c1ccccn1. The molecule has 0 atom stereocenters. The van der Waals surface area contributed by atoms with E-state index < -0.39 is 18.5 Å². The van der Waals surface area contributed by atoms with Crippen LogP contribution in [0, 0.1) is 6.92 Å². The molecule has 3 aromatic rings. The first kappa shape index (κ1) is 18.9. The Morgan fingerprint density at radius 1 is 1.15 bits per heavy atom. The number of para-hydroxylation sites is 1. The first-order valence-electron chi connectivity index (χ1n) is 7.84. The van der Waals surface area contributed by atoms with Gasteiger partial charge in [-0.3, -0.25) is 4.79 Å². The van der Waals surface area contributed by atoms with Crippen LogP contribution in [0.1, 0.15) is 16.1 Å². The fourth-order valence-electron chi connectivity index (χ4n) is 2.32. The lowest BCUT2D eigenvalue weighted by molar-refractivity contribution is -0.119. The summed E-state index contributed by atoms with van der Waals surface area (Å²) in [6, 6.07) is 10.2. The second kappa shape index (κ2) is 8.20. The summed E-state index contributed by atoms with van der Waals surface area (Å²) in [5, 5.41) is 7.24. The average Bonchev–Trinajstić information content (AvgIpc) is 3.05. The third-order valence-electron chi connectivity index (χ3n) is 3.66. The number of halogens is 2. The van der Waals surface area contributed by atoms with Gasteiger partial charge in [-0.25, -0.2) is 14.5 Å². The number of rotatable bonds is 5. The summed E-state index contributed by atoms with van der Waals surface area (Å²) < 4.78 is 6.58. The van der Waals surface area contributed by atoms with Gasteiger partial charge in [-0.2, -0.15) is 5.10 Å². The normalized spacial score (nSPS) is 10.5. The fourth-order valence-corrected chi connectivity index (χ4v) is 2.81. The number of nitrogens with zero attached hydrogens (tertiary/aromatic N) is 3. The van der Waals surface area contributed by atoms with Crippen molar-refractivity contribution in [2.24, 2.45) is 0 Å². The van der Waals surface area contributed by atoms with Crippen molar-refractivity contribution in [2.45, 2.75) is 6.92 Å². The summed E-state index contributed by atoms with van der Waals surface area (Å²) >= 11 is 12.0. The number of hydrogen-bond acceptors (Lipinski definition) is 5. The maximum atomic E-state index is 12.3. The van der Waals surface area contributed by atoms with Crippen LogP contribution in [0.25, 0.3) is 5.82 Å². The van der Waals surface area contributed by atoms with Crippen molar-refractivity contribution < 1.29 is 14.3 Å². The number of amides is 1. The van der Waals surface area contributed by atoms with Crippen molar-refractivity contribution in [1.29, 1.82) is 0 Å². The molecule has 0 unspecified atom stereocenters. The highest BCUT2D eigenvalue weighted by molar-refractivity contribution is 6.39. The zero-order valence-corrected chi connectivity index (χ0v) is 15.7. The van der Waals surface area contributed by atoms with Gasteiger partial charge in [-0.05, 0) is 31.2 Å². The molecule has 0 aliphatic carbocycles. The summed E-state index contributed by atoms with van der Waals surface area (Å²) in [7, 11) is 0. The fraction of sp³-hybridized carbons (Fsp3) is 0.111. The third-order valence-corrected chi connectivity index (χ3v) is 4.29. The number of ether oxygens (including phenoxy) is 1. The molecular formula is C18H14Cl2N4O3. The summed E-state index contributed by atoms with van der Waals surface area (Å²) in [5.74, 6) is -0.664. The first-order valence-corrected chi connectivity index (χ1v) is 8.60. The molecule has 27 heavy (non-hydrogen) atoms. The number of aromatic nitrogens is 3. The van der Waals surface area contributed by atoms with Crippen LogP contribution >= 0.6 is 23.2 Å². The Morgan fingerprint density at radius 3 is 2.56 bits per heavy atom. The van der Waals surface area contributed by atoms with Crippen molar-refractivity contribution in [3.05, 3.63) is 70.1 Å². The molecule has 1 amide bonds. The van der Waals surface area contributed by atoms with E-state index in [4.69, 9.17) is 27.9 Å². The lowest BCUT2D eigenvalue weighted by atomic mass is 10.2. The zero-order valence-electron chi connectivity index (χ0n) is 14.1. The van der Waals surface area contributed by atoms with Gasteiger partial charge in [0.25, 0.3) is 5.91 Å². The number of benzene rings is 1. The van der Waals surface area contributed by atoms with E-state index in [0.717, 1.165) is 0 Å². The largest absolute Gasteiger partial charge is 0.452 e. The molecule has 2 aromatic heterocycles. The molecule has 0 saturated carbocycles. The Hall–Kier alpha value is -2.90. The second-order valence-electron chi connectivity index (χ2n) is 5.46. The van der Waals surface area contributed by atoms with E-state index in [2.05, 4.69) is 15.4 Å². The van der Waals surface area contributed by atoms with Crippen LogP contribution in [0.2, 0.25) is 10.0 Å². The molecule has 9 heteroatoms. The van der Waals surface area contributed by atoms with Crippen molar-refractivity contribution in [3.8, 4) is 5.82 Å². The predicted octanol–water partition coefficient (Wildman–Crippen LogP) is 3.68. The van der Waals surface area contributed by atoms with Crippen molar-refractivity contribution in [3.63, 3.8) is 0 Å². The smallest absolute Gasteiger partial charge is 0.342 e. The molecule has 1 N–H and O–H groups in total. The van der Waals surface area contributed by atoms with Gasteiger partial charge in [0.1, 0.15) is 5.56 Å². The lowest BCUT2D eigenvalue weighted by Crippen LogP contribution is -2.21. The minimum atomic E-state index is -0.671. The van der Waals surface area contributed by atoms with E-state index >= 15 is 0 Å². The van der Waals surface area contributed by atoms with Crippen LogP contribution < -0.4 is 5.32 Å². The minimum Gasteiger partial charge on any atom is -0.452 e. The predicted molar refractivity (Wildman–Crippen MR) is 101 cm³/mol. The van der Waals surface area contributed by atoms with Crippen molar-refractivity contribution in [2.75, 3.05) is 11.9 Å². The Balaban J connectivity index is 1.65. The van der Waals surface area contributed by atoms with Gasteiger partial charge >= 0.3 is 5.97 Å². The quantitative estimate of drug-likeness (QED) is 0.655. The van der Waals surface area contributed by atoms with Gasteiger partial charge in [0.2, 0.25) is 0 Å². The molecule has 3 rings (SSSR count). The summed E-state index contributed by atoms with van der Waals surface area (Å²) in [4.78, 5) is 28.5. The minimum absolute atomic E-state index is 0.240. The van der Waals surface area contributed by atoms with Gasteiger partial charge in [0.05, 0.1) is 27.6 Å². The molecule has 0 bridgehead atoms. The van der Waals surface area contributed by atoms with Crippen LogP contribution in [-0.4, -0.2) is 33.2 Å². The Bertz CT molecular complexity index is 969. The van der Waals surface area contributed by atoms with Crippen molar-refractivity contribution >= 4 is 40.8 Å². The number of pyridine rings is 1. The topological polar surface area (TPSA) is 86.1 Å². The molecular weight excluding hydrogens is 391 g/mol. The van der Waals surface area contributed by atoms with E-state index in [1.165, 1.54) is 10.9 Å². The van der Waals surface area contributed by atoms with E-state index in [0.29, 0.717) is 11.5 Å². The highest BCUT2D eigenvalue weighted by Gasteiger charge is 2.18. The number of carbonyl (C=O) groups excluding carboxylic acids is 2. The van der Waals surface area contributed by atoms with E-state index in [1.807, 2.05) is 6.07 Å². The number of hydrogen-bond donors (Lipinski definition) is 1. The molecule has 0 fully saturated rings. The number of esters is 1. The van der Waals surface area contributed by atoms with Crippen LogP contribution in [0.3, 0.4) is 0 Å². The van der Waals surface area contributed by atoms with Gasteiger partial charge in [-0.1, -0.05) is 35.3 Å². The number of nitrogens with one attached hydrogen (secondary N) is 1. The Morgan fingerprint density at radius 2 is 1.89 bits per heavy atom. The molecule has 7 nitrogen and oxygen atoms in total. The molecule has 0 saturated heterocycles. The molecule has 138 valence electrons. The Labute approximate surface area is 164 Å². The number of anilines is 1. The van der Waals surface area contributed by atoms with Crippen LogP contribution in [0.15, 0.2) is 48.8 Å². The molecule has 0 aliphatic rings. The first-order chi connectivity index (χ1) is 13.0. The van der Waals surface area contributed by atoms with Crippen LogP contribution in [0.4, 0.5) is 5.69 Å². The molecule has 0 aliphatic heterocycles. The van der Waals surface area contributed by atoms with Crippen LogP contribution in [-0.2, 0) is 9.53 Å². The zero-order chi connectivity index (χ0) is 19.4. The molecule has 0 radical (unpaired) electrons. The molecule has 0 spiro atoms. The van der Waals surface area contributed by atoms with Gasteiger partial charge in [-0.15, -0.1) is 0 Å². The van der Waals surface area contributed by atoms with E-state index in [9.17, 15) is 9.59 Å². The monoisotopic (exact) mass is 404 g/mol. The van der Waals surface area contributed by atoms with Gasteiger partial charge in [0.15, 0.2) is 12.4 Å². The molecule has 1 aromatic carbocycles. The highest BCUT2D eigenvalue weighted by Crippen LogP contribution is 2.29. The second-order valence-corrected chi connectivity index (χ2v) is 6.28. The van der Waals surface area contributed by atoms with Gasteiger partial charge in [0, 0.05) is 6.20 Å². The maximum absolute atomic E-state index is 12.3. The Kier molecular flexibility index (Phi) is 5.73. The maximum Gasteiger partial charge on any atom is 0.342 e. The van der Waals surface area contributed by atoms with Crippen molar-refractivity contribution in [1.82, 2.24) is 14.8 Å². The molecule has 2 heterocycles. The summed E-state index contributed by atoms with van der Waals surface area (Å²) in [6.07, 6.45) is 2.99. The van der Waals surface area contributed by atoms with E-state index in [-0.39, 0.29) is 21.3 Å². The number of carbonyl (C=O) groups is 2. The standard InChI is InChI=1S/C18H14Cl2N4O3/c1-11-12(9-22-24(11)15-7-2-3-8-21-15)18(26)27-10-16(25)23-17-13(19)5-4-6-14(17)20/h2-9H,10H2,1H3,(H,23,25). The average molecular weight is 405 g/mol. The third kappa shape index (κ3) is 4.27. The van der Waals surface area contributed by atoms with E-state index in [1.54, 1.807) is 43.5 Å². The van der Waals surface area contributed by atoms with Crippen LogP contribution in [0.5, 0.6) is 0 Å². The summed E-state index contributed by atoms with van der Waals surface area (Å²) in [6.45, 7) is 1.22.